The summed E-state index contributed by atoms with van der Waals surface area (Å²) in [5.74, 6) is -1.66. The largest absolute Gasteiger partial charge is 0.508 e. The van der Waals surface area contributed by atoms with E-state index in [1.54, 1.807) is 18.2 Å². The predicted octanol–water partition coefficient (Wildman–Crippen LogP) is 4.91. The third-order valence-electron chi connectivity index (χ3n) is 5.56. The first-order valence-corrected chi connectivity index (χ1v) is 10.2. The smallest absolute Gasteiger partial charge is 0.387 e. The van der Waals surface area contributed by atoms with Gasteiger partial charge < -0.3 is 24.1 Å². The van der Waals surface area contributed by atoms with Crippen molar-refractivity contribution in [2.45, 2.75) is 19.0 Å². The summed E-state index contributed by atoms with van der Waals surface area (Å²) < 4.78 is 41.3. The van der Waals surface area contributed by atoms with Crippen LogP contribution in [0.4, 0.5) is 8.78 Å². The lowest BCUT2D eigenvalue weighted by Crippen LogP contribution is -2.22. The van der Waals surface area contributed by atoms with Crippen molar-refractivity contribution in [3.05, 3.63) is 82.0 Å². The Morgan fingerprint density at radius 3 is 2.50 bits per heavy atom. The molecule has 0 amide bonds. The second-order valence-electron chi connectivity index (χ2n) is 7.72. The van der Waals surface area contributed by atoms with Gasteiger partial charge in [-0.2, -0.15) is 8.78 Å². The van der Waals surface area contributed by atoms with Gasteiger partial charge in [-0.1, -0.05) is 12.1 Å². The molecule has 0 bridgehead atoms. The predicted molar refractivity (Wildman–Crippen MR) is 116 cm³/mol. The Hall–Kier alpha value is -4.40. The van der Waals surface area contributed by atoms with E-state index >= 15 is 0 Å². The molecule has 2 heterocycles. The Morgan fingerprint density at radius 2 is 1.76 bits per heavy atom. The highest BCUT2D eigenvalue weighted by Crippen LogP contribution is 2.46. The zero-order valence-corrected chi connectivity index (χ0v) is 17.3. The van der Waals surface area contributed by atoms with Gasteiger partial charge in [-0.05, 0) is 42.0 Å². The summed E-state index contributed by atoms with van der Waals surface area (Å²) in [4.78, 5) is 25.3. The summed E-state index contributed by atoms with van der Waals surface area (Å²) in [6.07, 6.45) is -0.155. The van der Waals surface area contributed by atoms with Crippen molar-refractivity contribution < 1.29 is 37.7 Å². The van der Waals surface area contributed by atoms with E-state index in [4.69, 9.17) is 9.15 Å². The molecule has 5 rings (SSSR count). The molecule has 0 fully saturated rings. The lowest BCUT2D eigenvalue weighted by atomic mass is 9.85. The number of hydrogen-bond donors (Lipinski definition) is 2. The average molecular weight is 466 g/mol. The van der Waals surface area contributed by atoms with Gasteiger partial charge in [-0.15, -0.1) is 0 Å². The number of rotatable bonds is 4. The number of fused-ring (bicyclic) bond motifs is 3. The van der Waals surface area contributed by atoms with Crippen LogP contribution in [-0.4, -0.2) is 22.8 Å². The molecule has 1 aromatic heterocycles. The molecule has 7 nitrogen and oxygen atoms in total. The second kappa shape index (κ2) is 8.18. The fourth-order valence-corrected chi connectivity index (χ4v) is 4.12. The van der Waals surface area contributed by atoms with Gasteiger partial charge in [0.05, 0.1) is 6.42 Å². The second-order valence-corrected chi connectivity index (χ2v) is 7.72. The maximum absolute atomic E-state index is 12.9. The highest BCUT2D eigenvalue weighted by molar-refractivity contribution is 5.93. The van der Waals surface area contributed by atoms with E-state index in [0.717, 1.165) is 0 Å². The first kappa shape index (κ1) is 21.4. The van der Waals surface area contributed by atoms with Gasteiger partial charge in [-0.3, -0.25) is 9.59 Å². The lowest BCUT2D eigenvalue weighted by molar-refractivity contribution is -0.135. The summed E-state index contributed by atoms with van der Waals surface area (Å²) in [5, 5.41) is 20.0. The minimum Gasteiger partial charge on any atom is -0.508 e. The van der Waals surface area contributed by atoms with E-state index in [1.807, 2.05) is 0 Å². The maximum atomic E-state index is 12.9. The van der Waals surface area contributed by atoms with Crippen LogP contribution in [0.3, 0.4) is 0 Å². The normalized spacial score (nSPS) is 15.3. The van der Waals surface area contributed by atoms with Crippen LogP contribution in [0.15, 0.2) is 69.9 Å². The molecular formula is C25H16F2O7. The number of alkyl halides is 2. The molecular weight excluding hydrogens is 450 g/mol. The van der Waals surface area contributed by atoms with Crippen LogP contribution in [-0.2, 0) is 4.79 Å². The van der Waals surface area contributed by atoms with Crippen LogP contribution < -0.4 is 14.9 Å². The van der Waals surface area contributed by atoms with E-state index < -0.39 is 29.7 Å². The Balaban J connectivity index is 1.76. The highest BCUT2D eigenvalue weighted by atomic mass is 19.3. The van der Waals surface area contributed by atoms with Gasteiger partial charge in [0.2, 0.25) is 0 Å². The number of hydrogen-bond acceptors (Lipinski definition) is 7. The number of phenolic OH excluding ortho intramolecular Hbond substituents is 2. The van der Waals surface area contributed by atoms with Crippen LogP contribution in [0, 0.1) is 0 Å². The molecule has 0 saturated heterocycles. The van der Waals surface area contributed by atoms with E-state index in [2.05, 4.69) is 4.74 Å². The molecule has 172 valence electrons. The summed E-state index contributed by atoms with van der Waals surface area (Å²) in [6, 6.07) is 14.2. The Kier molecular flexibility index (Phi) is 5.16. The van der Waals surface area contributed by atoms with Crippen molar-refractivity contribution in [2.24, 2.45) is 0 Å². The molecule has 0 unspecified atom stereocenters. The van der Waals surface area contributed by atoms with E-state index in [-0.39, 0.29) is 40.4 Å². The zero-order valence-electron chi connectivity index (χ0n) is 17.3. The molecule has 1 atom stereocenters. The Labute approximate surface area is 190 Å². The number of carbonyl (C=O) groups excluding carboxylic acids is 1. The number of carbonyl (C=O) groups is 1. The van der Waals surface area contributed by atoms with Crippen LogP contribution in [0.1, 0.15) is 23.5 Å². The van der Waals surface area contributed by atoms with Gasteiger partial charge in [0.25, 0.3) is 0 Å². The fraction of sp³-hybridized carbons (Fsp3) is 0.120. The van der Waals surface area contributed by atoms with Gasteiger partial charge >= 0.3 is 12.6 Å². The third kappa shape index (κ3) is 3.81. The summed E-state index contributed by atoms with van der Waals surface area (Å²) in [7, 11) is 0. The zero-order chi connectivity index (χ0) is 24.0. The molecule has 3 aromatic carbocycles. The number of aromatic hydroxyl groups is 2. The van der Waals surface area contributed by atoms with Crippen molar-refractivity contribution in [3.8, 4) is 34.3 Å². The van der Waals surface area contributed by atoms with E-state index in [1.165, 1.54) is 42.5 Å². The minimum absolute atomic E-state index is 0.00237. The number of phenols is 2. The summed E-state index contributed by atoms with van der Waals surface area (Å²) in [6.45, 7) is -3.03. The van der Waals surface area contributed by atoms with Crippen molar-refractivity contribution in [1.29, 1.82) is 0 Å². The van der Waals surface area contributed by atoms with Crippen LogP contribution in [0.2, 0.25) is 0 Å². The first-order valence-electron chi connectivity index (χ1n) is 10.2. The van der Waals surface area contributed by atoms with Crippen molar-refractivity contribution in [1.82, 2.24) is 0 Å². The molecule has 2 N–H and O–H groups in total. The summed E-state index contributed by atoms with van der Waals surface area (Å²) in [5.41, 5.74) is 0.740. The topological polar surface area (TPSA) is 106 Å². The van der Waals surface area contributed by atoms with Crippen LogP contribution in [0.5, 0.6) is 23.0 Å². The van der Waals surface area contributed by atoms with Crippen molar-refractivity contribution >= 4 is 16.9 Å². The SMILES string of the molecule is O=C1C[C@@H](c2cccc(OC(F)F)c2)c2c(cc(O)c3c(=O)cc(-c4ccc(O)cc4)oc23)O1. The highest BCUT2D eigenvalue weighted by Gasteiger charge is 2.34. The molecule has 1 aliphatic rings. The molecule has 0 aliphatic carbocycles. The number of ether oxygens (including phenoxy) is 2. The van der Waals surface area contributed by atoms with Crippen molar-refractivity contribution in [2.75, 3.05) is 0 Å². The van der Waals surface area contributed by atoms with E-state index in [9.17, 15) is 28.6 Å². The minimum atomic E-state index is -3.03. The lowest BCUT2D eigenvalue weighted by Gasteiger charge is -2.26. The van der Waals surface area contributed by atoms with Crippen LogP contribution in [0.25, 0.3) is 22.3 Å². The molecule has 9 heteroatoms. The van der Waals surface area contributed by atoms with Gasteiger partial charge in [0.1, 0.15) is 39.7 Å². The molecule has 0 spiro atoms. The Bertz CT molecular complexity index is 1480. The molecule has 0 saturated carbocycles. The summed E-state index contributed by atoms with van der Waals surface area (Å²) >= 11 is 0. The van der Waals surface area contributed by atoms with Gasteiger partial charge in [0.15, 0.2) is 5.43 Å². The van der Waals surface area contributed by atoms with Crippen LogP contribution >= 0.6 is 0 Å². The maximum Gasteiger partial charge on any atom is 0.387 e. The quantitative estimate of drug-likeness (QED) is 0.325. The third-order valence-corrected chi connectivity index (χ3v) is 5.56. The van der Waals surface area contributed by atoms with Gasteiger partial charge in [-0.25, -0.2) is 0 Å². The molecule has 1 aliphatic heterocycles. The first-order chi connectivity index (χ1) is 16.3. The fourth-order valence-electron chi connectivity index (χ4n) is 4.12. The van der Waals surface area contributed by atoms with Crippen molar-refractivity contribution in [3.63, 3.8) is 0 Å². The average Bonchev–Trinajstić information content (AvgIpc) is 2.78. The number of halogens is 2. The standard InChI is InChI=1S/C25H16F2O7/c26-25(27)32-15-3-1-2-13(8-15)16-9-21(31)33-20-11-18(30)23-17(29)10-19(34-24(23)22(16)20)12-4-6-14(28)7-5-12/h1-8,10-11,16,25,28,30H,9H2/t16-/m0/s1. The Morgan fingerprint density at radius 1 is 1.00 bits per heavy atom. The monoisotopic (exact) mass is 466 g/mol. The molecule has 0 radical (unpaired) electrons. The van der Waals surface area contributed by atoms with Gasteiger partial charge in [0, 0.05) is 29.2 Å². The molecule has 34 heavy (non-hydrogen) atoms. The molecule has 4 aromatic rings. The number of esters is 1. The van der Waals surface area contributed by atoms with E-state index in [0.29, 0.717) is 16.7 Å². The number of benzene rings is 3.